The Labute approximate surface area is 185 Å². The molecule has 0 atom stereocenters. The van der Waals surface area contributed by atoms with E-state index in [1.807, 2.05) is 78.6 Å². The molecule has 0 spiro atoms. The molecule has 0 bridgehead atoms. The first-order valence-electron chi connectivity index (χ1n) is 10.3. The second-order valence-corrected chi connectivity index (χ2v) is 8.14. The number of piperazine rings is 1. The van der Waals surface area contributed by atoms with Crippen molar-refractivity contribution >= 4 is 28.8 Å². The van der Waals surface area contributed by atoms with E-state index in [4.69, 9.17) is 16.7 Å². The van der Waals surface area contributed by atoms with Gasteiger partial charge in [-0.15, -0.1) is 0 Å². The Bertz CT molecular complexity index is 1250. The van der Waals surface area contributed by atoms with Crippen molar-refractivity contribution in [3.05, 3.63) is 83.1 Å². The van der Waals surface area contributed by atoms with Gasteiger partial charge in [0.2, 0.25) is 0 Å². The zero-order valence-corrected chi connectivity index (χ0v) is 18.0. The molecule has 0 unspecified atom stereocenters. The quantitative estimate of drug-likeness (QED) is 0.484. The van der Waals surface area contributed by atoms with Crippen molar-refractivity contribution in [3.63, 3.8) is 0 Å². The van der Waals surface area contributed by atoms with Crippen LogP contribution in [0, 0.1) is 6.92 Å². The third kappa shape index (κ3) is 3.86. The van der Waals surface area contributed by atoms with E-state index in [1.54, 1.807) is 4.52 Å². The Balaban J connectivity index is 1.40. The van der Waals surface area contributed by atoms with E-state index in [0.29, 0.717) is 24.4 Å². The zero-order chi connectivity index (χ0) is 21.4. The van der Waals surface area contributed by atoms with Gasteiger partial charge in [0, 0.05) is 54.2 Å². The average Bonchev–Trinajstić information content (AvgIpc) is 3.23. The molecule has 1 aliphatic heterocycles. The number of hydrogen-bond donors (Lipinski definition) is 0. The van der Waals surface area contributed by atoms with Crippen LogP contribution >= 0.6 is 11.6 Å². The van der Waals surface area contributed by atoms with E-state index in [0.717, 1.165) is 40.8 Å². The van der Waals surface area contributed by atoms with Gasteiger partial charge in [0.05, 0.1) is 5.69 Å². The molecular weight excluding hydrogens is 410 g/mol. The molecule has 2 aromatic carbocycles. The Morgan fingerprint density at radius 1 is 0.935 bits per heavy atom. The molecule has 1 fully saturated rings. The number of anilines is 1. The summed E-state index contributed by atoms with van der Waals surface area (Å²) in [5.41, 5.74) is 4.91. The SMILES string of the molecule is Cc1cc(C(=O)N2CCN(c3cccc(Cl)c3)CC2)n2nc(-c3ccccc3)cc2n1. The molecule has 1 amide bonds. The maximum atomic E-state index is 13.4. The number of aryl methyl sites for hydroxylation is 1. The van der Waals surface area contributed by atoms with E-state index in [2.05, 4.69) is 9.88 Å². The van der Waals surface area contributed by atoms with Crippen LogP contribution in [0.15, 0.2) is 66.7 Å². The lowest BCUT2D eigenvalue weighted by molar-refractivity contribution is 0.0737. The lowest BCUT2D eigenvalue weighted by atomic mass is 10.2. The monoisotopic (exact) mass is 431 g/mol. The van der Waals surface area contributed by atoms with Gasteiger partial charge in [0.15, 0.2) is 5.65 Å². The lowest BCUT2D eigenvalue weighted by Crippen LogP contribution is -2.49. The fourth-order valence-corrected chi connectivity index (χ4v) is 4.19. The van der Waals surface area contributed by atoms with E-state index >= 15 is 0 Å². The second-order valence-electron chi connectivity index (χ2n) is 7.71. The third-order valence-electron chi connectivity index (χ3n) is 5.58. The van der Waals surface area contributed by atoms with Gasteiger partial charge in [-0.1, -0.05) is 48.0 Å². The van der Waals surface area contributed by atoms with Crippen LogP contribution in [-0.4, -0.2) is 51.6 Å². The third-order valence-corrected chi connectivity index (χ3v) is 5.82. The molecule has 0 radical (unpaired) electrons. The van der Waals surface area contributed by atoms with Crippen molar-refractivity contribution < 1.29 is 4.79 Å². The fourth-order valence-electron chi connectivity index (χ4n) is 4.01. The summed E-state index contributed by atoms with van der Waals surface area (Å²) in [7, 11) is 0. The molecule has 6 nitrogen and oxygen atoms in total. The van der Waals surface area contributed by atoms with Crippen LogP contribution in [0.5, 0.6) is 0 Å². The van der Waals surface area contributed by atoms with Crippen molar-refractivity contribution in [2.75, 3.05) is 31.1 Å². The van der Waals surface area contributed by atoms with Crippen LogP contribution in [0.3, 0.4) is 0 Å². The first-order valence-corrected chi connectivity index (χ1v) is 10.7. The first kappa shape index (κ1) is 19.6. The molecule has 1 aliphatic rings. The number of fused-ring (bicyclic) bond motifs is 1. The summed E-state index contributed by atoms with van der Waals surface area (Å²) in [6, 6.07) is 21.5. The molecule has 1 saturated heterocycles. The van der Waals surface area contributed by atoms with E-state index in [9.17, 15) is 4.79 Å². The van der Waals surface area contributed by atoms with E-state index in [-0.39, 0.29) is 5.91 Å². The van der Waals surface area contributed by atoms with Crippen molar-refractivity contribution in [2.24, 2.45) is 0 Å². The van der Waals surface area contributed by atoms with Crippen molar-refractivity contribution in [1.29, 1.82) is 0 Å². The van der Waals surface area contributed by atoms with E-state index < -0.39 is 0 Å². The zero-order valence-electron chi connectivity index (χ0n) is 17.2. The van der Waals surface area contributed by atoms with Crippen molar-refractivity contribution in [2.45, 2.75) is 6.92 Å². The molecule has 156 valence electrons. The number of halogens is 1. The molecule has 3 heterocycles. The minimum absolute atomic E-state index is 0.0241. The smallest absolute Gasteiger partial charge is 0.272 e. The Kier molecular flexibility index (Phi) is 5.08. The summed E-state index contributed by atoms with van der Waals surface area (Å²) in [5, 5.41) is 5.41. The normalized spacial score (nSPS) is 14.3. The number of hydrogen-bond acceptors (Lipinski definition) is 4. The van der Waals surface area contributed by atoms with Crippen molar-refractivity contribution in [1.82, 2.24) is 19.5 Å². The van der Waals surface area contributed by atoms with E-state index in [1.165, 1.54) is 0 Å². The maximum Gasteiger partial charge on any atom is 0.272 e. The maximum absolute atomic E-state index is 13.4. The van der Waals surface area contributed by atoms with Crippen LogP contribution < -0.4 is 4.90 Å². The topological polar surface area (TPSA) is 53.7 Å². The largest absolute Gasteiger partial charge is 0.368 e. The summed E-state index contributed by atoms with van der Waals surface area (Å²) >= 11 is 6.13. The second kappa shape index (κ2) is 8.04. The number of nitrogens with zero attached hydrogens (tertiary/aromatic N) is 5. The van der Waals surface area contributed by atoms with Gasteiger partial charge < -0.3 is 9.80 Å². The minimum Gasteiger partial charge on any atom is -0.368 e. The lowest BCUT2D eigenvalue weighted by Gasteiger charge is -2.36. The molecule has 0 N–H and O–H groups in total. The highest BCUT2D eigenvalue weighted by atomic mass is 35.5. The standard InChI is InChI=1S/C24H22ClN5O/c1-17-14-22(30-23(26-17)16-21(27-30)18-6-3-2-4-7-18)24(31)29-12-10-28(11-13-29)20-9-5-8-19(25)15-20/h2-9,14-16H,10-13H2,1H3. The number of benzene rings is 2. The number of carbonyl (C=O) groups is 1. The molecule has 7 heteroatoms. The van der Waals surface area contributed by atoms with Gasteiger partial charge >= 0.3 is 0 Å². The molecule has 0 aliphatic carbocycles. The van der Waals surface area contributed by atoms with Gasteiger partial charge in [-0.2, -0.15) is 5.10 Å². The van der Waals surface area contributed by atoms with Crippen LogP contribution in [0.2, 0.25) is 5.02 Å². The minimum atomic E-state index is -0.0241. The van der Waals surface area contributed by atoms with Crippen LogP contribution in [0.1, 0.15) is 16.2 Å². The predicted octanol–water partition coefficient (Wildman–Crippen LogP) is 4.32. The van der Waals surface area contributed by atoms with Crippen molar-refractivity contribution in [3.8, 4) is 11.3 Å². The molecule has 5 rings (SSSR count). The average molecular weight is 432 g/mol. The first-order chi connectivity index (χ1) is 15.1. The predicted molar refractivity (Wildman–Crippen MR) is 123 cm³/mol. The van der Waals surface area contributed by atoms with Gasteiger partial charge in [-0.3, -0.25) is 4.79 Å². The highest BCUT2D eigenvalue weighted by Gasteiger charge is 2.25. The summed E-state index contributed by atoms with van der Waals surface area (Å²) < 4.78 is 1.67. The summed E-state index contributed by atoms with van der Waals surface area (Å²) in [6.45, 7) is 4.70. The van der Waals surface area contributed by atoms with Gasteiger partial charge in [0.1, 0.15) is 5.69 Å². The van der Waals surface area contributed by atoms with Crippen LogP contribution in [0.4, 0.5) is 5.69 Å². The van der Waals surface area contributed by atoms with Crippen LogP contribution in [0.25, 0.3) is 16.9 Å². The molecule has 4 aromatic rings. The highest BCUT2D eigenvalue weighted by Crippen LogP contribution is 2.23. The number of aromatic nitrogens is 3. The van der Waals surface area contributed by atoms with Gasteiger partial charge in [-0.25, -0.2) is 9.50 Å². The molecule has 0 saturated carbocycles. The Hall–Kier alpha value is -3.38. The highest BCUT2D eigenvalue weighted by molar-refractivity contribution is 6.30. The van der Waals surface area contributed by atoms with Gasteiger partial charge in [-0.05, 0) is 31.2 Å². The Morgan fingerprint density at radius 3 is 2.45 bits per heavy atom. The summed E-state index contributed by atoms with van der Waals surface area (Å²) in [5.74, 6) is -0.0241. The van der Waals surface area contributed by atoms with Crippen LogP contribution in [-0.2, 0) is 0 Å². The molecular formula is C24H22ClN5O. The van der Waals surface area contributed by atoms with Gasteiger partial charge in [0.25, 0.3) is 5.91 Å². The molecule has 31 heavy (non-hydrogen) atoms. The number of carbonyl (C=O) groups excluding carboxylic acids is 1. The molecule has 2 aromatic heterocycles. The number of rotatable bonds is 3. The Morgan fingerprint density at radius 2 is 1.71 bits per heavy atom. The summed E-state index contributed by atoms with van der Waals surface area (Å²) in [6.07, 6.45) is 0. The fraction of sp³-hybridized carbons (Fsp3) is 0.208. The number of amides is 1. The summed E-state index contributed by atoms with van der Waals surface area (Å²) in [4.78, 5) is 22.1.